The van der Waals surface area contributed by atoms with Gasteiger partial charge in [-0.15, -0.1) is 10.2 Å². The fourth-order valence-corrected chi connectivity index (χ4v) is 1.66. The molecule has 0 radical (unpaired) electrons. The molecule has 74 valence electrons. The van der Waals surface area contributed by atoms with Gasteiger partial charge in [0.05, 0.1) is 5.52 Å². The maximum absolute atomic E-state index is 11.5. The molecule has 5 heteroatoms. The van der Waals surface area contributed by atoms with Crippen LogP contribution < -0.4 is 5.63 Å². The van der Waals surface area contributed by atoms with Crippen molar-refractivity contribution >= 4 is 16.7 Å². The minimum atomic E-state index is -0.464. The summed E-state index contributed by atoms with van der Waals surface area (Å²) in [5.41, 5.74) is 1.10. The molecular formula is C10H7N3O2. The summed E-state index contributed by atoms with van der Waals surface area (Å²) in [4.78, 5) is 11.5. The van der Waals surface area contributed by atoms with E-state index < -0.39 is 5.63 Å². The highest BCUT2D eigenvalue weighted by Gasteiger charge is 2.10. The molecule has 2 aromatic heterocycles. The van der Waals surface area contributed by atoms with Gasteiger partial charge in [-0.3, -0.25) is 4.40 Å². The average Bonchev–Trinajstić information content (AvgIpc) is 2.62. The molecule has 0 fully saturated rings. The van der Waals surface area contributed by atoms with Gasteiger partial charge >= 0.3 is 5.63 Å². The molecule has 0 N–H and O–H groups in total. The van der Waals surface area contributed by atoms with E-state index in [0.29, 0.717) is 11.4 Å². The van der Waals surface area contributed by atoms with Crippen LogP contribution in [0.25, 0.3) is 16.7 Å². The quantitative estimate of drug-likeness (QED) is 0.547. The predicted molar refractivity (Wildman–Crippen MR) is 53.8 cm³/mol. The van der Waals surface area contributed by atoms with Gasteiger partial charge in [0.1, 0.15) is 5.82 Å². The minimum absolute atomic E-state index is 0.228. The second kappa shape index (κ2) is 2.66. The highest BCUT2D eigenvalue weighted by atomic mass is 16.4. The lowest BCUT2D eigenvalue weighted by Gasteiger charge is -1.99. The van der Waals surface area contributed by atoms with Crippen molar-refractivity contribution in [2.75, 3.05) is 0 Å². The van der Waals surface area contributed by atoms with E-state index in [2.05, 4.69) is 10.2 Å². The highest BCUT2D eigenvalue weighted by Crippen LogP contribution is 2.13. The first-order valence-electron chi connectivity index (χ1n) is 4.51. The normalized spacial score (nSPS) is 11.3. The van der Waals surface area contributed by atoms with E-state index in [1.54, 1.807) is 17.4 Å². The first-order valence-corrected chi connectivity index (χ1v) is 4.51. The van der Waals surface area contributed by atoms with Gasteiger partial charge in [0.15, 0.2) is 5.58 Å². The average molecular weight is 201 g/mol. The zero-order valence-electron chi connectivity index (χ0n) is 7.97. The first-order chi connectivity index (χ1) is 7.27. The maximum atomic E-state index is 11.5. The van der Waals surface area contributed by atoms with Crippen LogP contribution in [-0.2, 0) is 0 Å². The van der Waals surface area contributed by atoms with Gasteiger partial charge < -0.3 is 4.42 Å². The van der Waals surface area contributed by atoms with Crippen LogP contribution in [0, 0.1) is 6.92 Å². The van der Waals surface area contributed by atoms with E-state index in [9.17, 15) is 4.79 Å². The number of aryl methyl sites for hydroxylation is 1. The van der Waals surface area contributed by atoms with E-state index in [4.69, 9.17) is 4.42 Å². The second-order valence-electron chi connectivity index (χ2n) is 3.26. The lowest BCUT2D eigenvalue weighted by atomic mass is 10.3. The van der Waals surface area contributed by atoms with Gasteiger partial charge in [0, 0.05) is 0 Å². The summed E-state index contributed by atoms with van der Waals surface area (Å²) in [5, 5.41) is 7.63. The van der Waals surface area contributed by atoms with E-state index in [1.165, 1.54) is 0 Å². The van der Waals surface area contributed by atoms with Crippen molar-refractivity contribution < 1.29 is 4.42 Å². The second-order valence-corrected chi connectivity index (χ2v) is 3.26. The molecule has 0 aliphatic heterocycles. The summed E-state index contributed by atoms with van der Waals surface area (Å²) in [6, 6.07) is 7.30. The van der Waals surface area contributed by atoms with Crippen LogP contribution >= 0.6 is 0 Å². The third-order valence-electron chi connectivity index (χ3n) is 2.32. The van der Waals surface area contributed by atoms with Crippen molar-refractivity contribution in [2.24, 2.45) is 0 Å². The SMILES string of the molecule is Cc1nnc2c(=O)oc3ccccc3n12. The van der Waals surface area contributed by atoms with Crippen LogP contribution in [0.15, 0.2) is 33.5 Å². The molecule has 0 unspecified atom stereocenters. The van der Waals surface area contributed by atoms with Gasteiger partial charge in [0.2, 0.25) is 5.65 Å². The van der Waals surface area contributed by atoms with Crippen molar-refractivity contribution in [3.05, 3.63) is 40.5 Å². The molecule has 0 saturated carbocycles. The van der Waals surface area contributed by atoms with Crippen LogP contribution in [0.5, 0.6) is 0 Å². The molecule has 0 atom stereocenters. The Labute approximate surface area is 84.0 Å². The molecule has 0 aliphatic carbocycles. The molecule has 0 saturated heterocycles. The fourth-order valence-electron chi connectivity index (χ4n) is 1.66. The summed E-state index contributed by atoms with van der Waals surface area (Å²) in [7, 11) is 0. The van der Waals surface area contributed by atoms with Crippen molar-refractivity contribution in [2.45, 2.75) is 6.92 Å². The molecule has 0 bridgehead atoms. The number of benzene rings is 1. The molecule has 0 amide bonds. The first kappa shape index (κ1) is 8.16. The number of hydrogen-bond acceptors (Lipinski definition) is 4. The Kier molecular flexibility index (Phi) is 1.45. The zero-order valence-corrected chi connectivity index (χ0v) is 7.97. The van der Waals surface area contributed by atoms with Crippen molar-refractivity contribution in [1.82, 2.24) is 14.6 Å². The lowest BCUT2D eigenvalue weighted by Crippen LogP contribution is -2.05. The fraction of sp³-hybridized carbons (Fsp3) is 0.100. The Bertz CT molecular complexity index is 711. The van der Waals surface area contributed by atoms with Crippen molar-refractivity contribution in [1.29, 1.82) is 0 Å². The smallest absolute Gasteiger partial charge is 0.382 e. The summed E-state index contributed by atoms with van der Waals surface area (Å²) < 4.78 is 6.80. The minimum Gasteiger partial charge on any atom is -0.418 e. The van der Waals surface area contributed by atoms with Gasteiger partial charge in [-0.2, -0.15) is 0 Å². The molecular weight excluding hydrogens is 194 g/mol. The Hall–Kier alpha value is -2.17. The van der Waals surface area contributed by atoms with E-state index in [1.807, 2.05) is 18.2 Å². The lowest BCUT2D eigenvalue weighted by molar-refractivity contribution is 0.560. The Morgan fingerprint density at radius 1 is 1.27 bits per heavy atom. The molecule has 2 heterocycles. The molecule has 3 rings (SSSR count). The van der Waals surface area contributed by atoms with E-state index in [0.717, 1.165) is 5.52 Å². The standard InChI is InChI=1S/C10H7N3O2/c1-6-11-12-9-10(14)15-8-5-3-2-4-7(8)13(6)9/h2-5H,1H3. The number of aromatic nitrogens is 3. The molecule has 15 heavy (non-hydrogen) atoms. The molecule has 5 nitrogen and oxygen atoms in total. The largest absolute Gasteiger partial charge is 0.418 e. The Morgan fingerprint density at radius 3 is 2.93 bits per heavy atom. The van der Waals surface area contributed by atoms with Crippen LogP contribution in [0.3, 0.4) is 0 Å². The topological polar surface area (TPSA) is 60.4 Å². The van der Waals surface area contributed by atoms with Crippen LogP contribution in [0.4, 0.5) is 0 Å². The summed E-state index contributed by atoms with van der Waals surface area (Å²) in [6.07, 6.45) is 0. The third-order valence-corrected chi connectivity index (χ3v) is 2.32. The van der Waals surface area contributed by atoms with Gasteiger partial charge in [-0.05, 0) is 19.1 Å². The highest BCUT2D eigenvalue weighted by molar-refractivity contribution is 5.74. The summed E-state index contributed by atoms with van der Waals surface area (Å²) in [6.45, 7) is 1.80. The number of fused-ring (bicyclic) bond motifs is 3. The van der Waals surface area contributed by atoms with Crippen LogP contribution in [0.2, 0.25) is 0 Å². The predicted octanol–water partition coefficient (Wildman–Crippen LogP) is 1.14. The van der Waals surface area contributed by atoms with Gasteiger partial charge in [-0.25, -0.2) is 4.79 Å². The van der Waals surface area contributed by atoms with E-state index >= 15 is 0 Å². The number of para-hydroxylation sites is 2. The molecule has 3 aromatic rings. The Morgan fingerprint density at radius 2 is 2.07 bits per heavy atom. The van der Waals surface area contributed by atoms with Crippen molar-refractivity contribution in [3.8, 4) is 0 Å². The number of rotatable bonds is 0. The van der Waals surface area contributed by atoms with Crippen LogP contribution in [0.1, 0.15) is 5.82 Å². The molecule has 1 aromatic carbocycles. The summed E-state index contributed by atoms with van der Waals surface area (Å²) >= 11 is 0. The Balaban J connectivity index is 2.74. The number of hydrogen-bond donors (Lipinski definition) is 0. The molecule has 0 spiro atoms. The third kappa shape index (κ3) is 0.999. The maximum Gasteiger partial charge on any atom is 0.382 e. The van der Waals surface area contributed by atoms with Crippen LogP contribution in [-0.4, -0.2) is 14.6 Å². The monoisotopic (exact) mass is 201 g/mol. The summed E-state index contributed by atoms with van der Waals surface area (Å²) in [5.74, 6) is 0.675. The van der Waals surface area contributed by atoms with Gasteiger partial charge in [0.25, 0.3) is 0 Å². The van der Waals surface area contributed by atoms with Gasteiger partial charge in [-0.1, -0.05) is 12.1 Å². The molecule has 0 aliphatic rings. The van der Waals surface area contributed by atoms with E-state index in [-0.39, 0.29) is 5.65 Å². The zero-order chi connectivity index (χ0) is 10.4. The van der Waals surface area contributed by atoms with Crippen molar-refractivity contribution in [3.63, 3.8) is 0 Å². The number of nitrogens with zero attached hydrogens (tertiary/aromatic N) is 3.